The van der Waals surface area contributed by atoms with Gasteiger partial charge in [0.1, 0.15) is 22.8 Å². The lowest BCUT2D eigenvalue weighted by Gasteiger charge is -2.46. The van der Waals surface area contributed by atoms with Gasteiger partial charge in [0.05, 0.1) is 23.1 Å². The van der Waals surface area contributed by atoms with Gasteiger partial charge in [-0.2, -0.15) is 13.2 Å². The maximum absolute atomic E-state index is 13.7. The smallest absolute Gasteiger partial charge is 0.416 e. The second-order valence-electron chi connectivity index (χ2n) is 10.8. The third-order valence-corrected chi connectivity index (χ3v) is 8.18. The highest BCUT2D eigenvalue weighted by atomic mass is 19.4. The minimum absolute atomic E-state index is 0.0333. The van der Waals surface area contributed by atoms with Crippen LogP contribution in [0.1, 0.15) is 39.0 Å². The van der Waals surface area contributed by atoms with E-state index in [4.69, 9.17) is 5.73 Å². The van der Waals surface area contributed by atoms with E-state index in [1.807, 2.05) is 0 Å². The number of benzene rings is 2. The van der Waals surface area contributed by atoms with Crippen LogP contribution >= 0.6 is 0 Å². The Morgan fingerprint density at radius 2 is 1.66 bits per heavy atom. The molecule has 2 aromatic carbocycles. The van der Waals surface area contributed by atoms with E-state index in [1.54, 1.807) is 37.2 Å². The van der Waals surface area contributed by atoms with Gasteiger partial charge in [-0.1, -0.05) is 30.4 Å². The second kappa shape index (κ2) is 9.91. The predicted molar refractivity (Wildman–Crippen MR) is 143 cm³/mol. The van der Waals surface area contributed by atoms with Crippen molar-refractivity contribution in [3.63, 3.8) is 0 Å². The number of fused-ring (bicyclic) bond motifs is 3. The monoisotopic (exact) mass is 568 g/mol. The Labute approximate surface area is 232 Å². The van der Waals surface area contributed by atoms with Gasteiger partial charge in [0.2, 0.25) is 0 Å². The number of aromatic hydroxyl groups is 1. The fourth-order valence-corrected chi connectivity index (χ4v) is 6.42. The Morgan fingerprint density at radius 1 is 1.00 bits per heavy atom. The van der Waals surface area contributed by atoms with Crippen LogP contribution in [0.15, 0.2) is 59.1 Å². The molecule has 3 aliphatic rings. The summed E-state index contributed by atoms with van der Waals surface area (Å²) < 4.78 is 38.7. The number of nitrogens with two attached hydrogens (primary N) is 1. The van der Waals surface area contributed by atoms with E-state index in [0.717, 1.165) is 12.1 Å². The summed E-state index contributed by atoms with van der Waals surface area (Å²) in [7, 11) is 3.29. The van der Waals surface area contributed by atoms with E-state index in [1.165, 1.54) is 18.2 Å². The molecule has 1 unspecified atom stereocenters. The quantitative estimate of drug-likeness (QED) is 0.320. The fourth-order valence-electron chi connectivity index (χ4n) is 6.42. The summed E-state index contributed by atoms with van der Waals surface area (Å²) in [5.74, 6) is -6.50. The Morgan fingerprint density at radius 3 is 2.24 bits per heavy atom. The number of primary amides is 1. The van der Waals surface area contributed by atoms with Gasteiger partial charge in [0.25, 0.3) is 5.91 Å². The average molecular weight is 569 g/mol. The molecule has 0 aliphatic heterocycles. The van der Waals surface area contributed by atoms with E-state index < -0.39 is 70.1 Å². The molecule has 214 valence electrons. The number of allylic oxidation sites excluding steroid dienone is 2. The highest BCUT2D eigenvalue weighted by Crippen LogP contribution is 2.50. The van der Waals surface area contributed by atoms with Gasteiger partial charge in [-0.15, -0.1) is 0 Å². The van der Waals surface area contributed by atoms with Crippen molar-refractivity contribution in [3.8, 4) is 5.75 Å². The lowest BCUT2D eigenvalue weighted by Crippen LogP contribution is -2.53. The largest absolute Gasteiger partial charge is 0.511 e. The number of carbonyl (C=O) groups is 3. The molecule has 3 aliphatic carbocycles. The summed E-state index contributed by atoms with van der Waals surface area (Å²) in [5.41, 5.74) is 5.44. The van der Waals surface area contributed by atoms with Crippen LogP contribution in [0.25, 0.3) is 12.2 Å². The minimum Gasteiger partial charge on any atom is -0.511 e. The number of carbonyl (C=O) groups excluding carboxylic acids is 3. The number of Topliss-reactive ketones (excluding diaryl/α,β-unsaturated/α-hetero) is 2. The first kappa shape index (κ1) is 28.2. The van der Waals surface area contributed by atoms with Crippen molar-refractivity contribution < 1.29 is 42.9 Å². The molecule has 0 bridgehead atoms. The van der Waals surface area contributed by atoms with Gasteiger partial charge < -0.3 is 21.1 Å². The summed E-state index contributed by atoms with van der Waals surface area (Å²) in [6.45, 7) is 0. The molecular weight excluding hydrogens is 541 g/mol. The molecule has 5 N–H and O–H groups in total. The Kier molecular flexibility index (Phi) is 6.81. The first-order valence-electron chi connectivity index (χ1n) is 12.8. The SMILES string of the molecule is CN(C)[C@@H]1C(O)=C(C(N)=O)C(=O)C2C(O)=C3C(=O)c4c(O)ccc(/C=C/c5ccc(C(F)(F)F)cc5)c4C[C@H]3C[C@H]21. The van der Waals surface area contributed by atoms with Gasteiger partial charge in [0.15, 0.2) is 11.6 Å². The van der Waals surface area contributed by atoms with Crippen LogP contribution < -0.4 is 5.73 Å². The molecule has 5 rings (SSSR count). The van der Waals surface area contributed by atoms with Crippen LogP contribution in [0.4, 0.5) is 13.2 Å². The van der Waals surface area contributed by atoms with E-state index >= 15 is 0 Å². The standard InChI is InChI=1S/C30H27F3N2O6/c1-35(2)24-18-12-15-11-17-14(6-3-13-4-8-16(9-5-13)30(31,32)33)7-10-19(36)21(17)25(37)20(15)26(38)22(18)27(39)23(28(24)40)29(34)41/h3-10,15,18,22,24,36,38,40H,11-12H2,1-2H3,(H2,34,41)/b6-3+/t15-,18+,22?,24-/m0/s1. The summed E-state index contributed by atoms with van der Waals surface area (Å²) in [6, 6.07) is 6.64. The third-order valence-electron chi connectivity index (χ3n) is 8.18. The van der Waals surface area contributed by atoms with Crippen molar-refractivity contribution in [1.82, 2.24) is 4.90 Å². The Bertz CT molecular complexity index is 1570. The number of rotatable bonds is 4. The number of alkyl halides is 3. The number of amides is 1. The number of nitrogens with zero attached hydrogens (tertiary/aromatic N) is 1. The molecular formula is C30H27F3N2O6. The summed E-state index contributed by atoms with van der Waals surface area (Å²) in [4.78, 5) is 40.7. The zero-order valence-corrected chi connectivity index (χ0v) is 22.1. The first-order chi connectivity index (χ1) is 19.2. The zero-order valence-electron chi connectivity index (χ0n) is 22.1. The van der Waals surface area contributed by atoms with Gasteiger partial charge >= 0.3 is 6.18 Å². The van der Waals surface area contributed by atoms with Crippen molar-refractivity contribution in [1.29, 1.82) is 0 Å². The van der Waals surface area contributed by atoms with Gasteiger partial charge in [-0.05, 0) is 73.7 Å². The number of hydrogen-bond donors (Lipinski definition) is 4. The summed E-state index contributed by atoms with van der Waals surface area (Å²) in [6.07, 6.45) is -0.831. The predicted octanol–water partition coefficient (Wildman–Crippen LogP) is 4.19. The molecule has 0 spiro atoms. The molecule has 8 nitrogen and oxygen atoms in total. The average Bonchev–Trinajstić information content (AvgIpc) is 2.87. The molecule has 0 fully saturated rings. The lowest BCUT2D eigenvalue weighted by atomic mass is 9.60. The van der Waals surface area contributed by atoms with Crippen molar-refractivity contribution in [2.24, 2.45) is 23.5 Å². The number of hydrogen-bond acceptors (Lipinski definition) is 7. The zero-order chi connectivity index (χ0) is 30.0. The highest BCUT2D eigenvalue weighted by molar-refractivity contribution is 6.22. The molecule has 2 aromatic rings. The van der Waals surface area contributed by atoms with E-state index in [0.29, 0.717) is 16.7 Å². The van der Waals surface area contributed by atoms with Crippen molar-refractivity contribution in [2.75, 3.05) is 14.1 Å². The van der Waals surface area contributed by atoms with Gasteiger partial charge in [-0.3, -0.25) is 19.3 Å². The van der Waals surface area contributed by atoms with Crippen LogP contribution in [0.3, 0.4) is 0 Å². The molecule has 11 heteroatoms. The summed E-state index contributed by atoms with van der Waals surface area (Å²) in [5, 5.41) is 32.8. The van der Waals surface area contributed by atoms with Crippen LogP contribution in [-0.2, 0) is 22.2 Å². The lowest BCUT2D eigenvalue weighted by molar-refractivity contribution is -0.137. The molecule has 0 radical (unpaired) electrons. The number of halogens is 3. The van der Waals surface area contributed by atoms with Gasteiger partial charge in [0, 0.05) is 5.57 Å². The van der Waals surface area contributed by atoms with Gasteiger partial charge in [-0.25, -0.2) is 0 Å². The number of likely N-dealkylation sites (N-methyl/N-ethyl adjacent to an activating group) is 1. The normalized spacial score (nSPS) is 24.5. The molecule has 0 aromatic heterocycles. The van der Waals surface area contributed by atoms with E-state index in [2.05, 4.69) is 0 Å². The van der Waals surface area contributed by atoms with Crippen molar-refractivity contribution in [2.45, 2.75) is 25.1 Å². The fraction of sp³-hybridized carbons (Fsp3) is 0.300. The molecule has 41 heavy (non-hydrogen) atoms. The maximum atomic E-state index is 13.7. The molecule has 0 saturated carbocycles. The topological polar surface area (TPSA) is 141 Å². The maximum Gasteiger partial charge on any atom is 0.416 e. The van der Waals surface area contributed by atoms with Crippen LogP contribution in [0.5, 0.6) is 5.75 Å². The van der Waals surface area contributed by atoms with E-state index in [9.17, 15) is 42.9 Å². The first-order valence-corrected chi connectivity index (χ1v) is 12.8. The molecule has 0 saturated heterocycles. The number of aliphatic hydroxyl groups excluding tert-OH is 2. The number of phenolic OH excluding ortho intramolecular Hbond substituents is 1. The minimum atomic E-state index is -4.46. The number of phenols is 1. The summed E-state index contributed by atoms with van der Waals surface area (Å²) >= 11 is 0. The number of ketones is 2. The van der Waals surface area contributed by atoms with Crippen molar-refractivity contribution >= 4 is 29.6 Å². The highest BCUT2D eigenvalue weighted by Gasteiger charge is 2.54. The van der Waals surface area contributed by atoms with Crippen LogP contribution in [0.2, 0.25) is 0 Å². The Hall–Kier alpha value is -4.38. The number of aliphatic hydroxyl groups is 2. The van der Waals surface area contributed by atoms with Crippen LogP contribution in [-0.4, -0.2) is 57.8 Å². The van der Waals surface area contributed by atoms with Crippen molar-refractivity contribution in [3.05, 3.63) is 86.9 Å². The van der Waals surface area contributed by atoms with E-state index in [-0.39, 0.29) is 29.7 Å². The second-order valence-corrected chi connectivity index (χ2v) is 10.8. The van der Waals surface area contributed by atoms with Crippen LogP contribution in [0, 0.1) is 17.8 Å². The third kappa shape index (κ3) is 4.59. The molecule has 4 atom stereocenters. The molecule has 1 amide bonds. The molecule has 0 heterocycles. The Balaban J connectivity index is 1.56.